The molecule has 6 nitrogen and oxygen atoms in total. The van der Waals surface area contributed by atoms with Gasteiger partial charge in [0.2, 0.25) is 10.0 Å². The van der Waals surface area contributed by atoms with E-state index in [-0.39, 0.29) is 17.5 Å². The van der Waals surface area contributed by atoms with E-state index in [2.05, 4.69) is 21.6 Å². The summed E-state index contributed by atoms with van der Waals surface area (Å²) in [5.74, 6) is -0.744. The van der Waals surface area contributed by atoms with Crippen LogP contribution in [0.3, 0.4) is 0 Å². The van der Waals surface area contributed by atoms with Crippen LogP contribution in [-0.2, 0) is 10.0 Å². The summed E-state index contributed by atoms with van der Waals surface area (Å²) in [6.45, 7) is 3.72. The minimum Gasteiger partial charge on any atom is -0.378 e. The zero-order chi connectivity index (χ0) is 21.0. The van der Waals surface area contributed by atoms with Crippen LogP contribution < -0.4 is 9.62 Å². The number of piperazine rings is 1. The van der Waals surface area contributed by atoms with Gasteiger partial charge in [-0.2, -0.15) is 0 Å². The topological polar surface area (TPSA) is 55.9 Å². The lowest BCUT2D eigenvalue weighted by Crippen LogP contribution is -2.48. The first kappa shape index (κ1) is 21.7. The zero-order valence-electron chi connectivity index (χ0n) is 17.2. The summed E-state index contributed by atoms with van der Waals surface area (Å²) >= 11 is 0. The van der Waals surface area contributed by atoms with E-state index in [4.69, 9.17) is 0 Å². The van der Waals surface area contributed by atoms with E-state index in [1.807, 2.05) is 43.3 Å². The Kier molecular flexibility index (Phi) is 6.89. The molecule has 1 aliphatic heterocycles. The van der Waals surface area contributed by atoms with Gasteiger partial charge in [0.05, 0.1) is 0 Å². The van der Waals surface area contributed by atoms with Crippen LogP contribution in [-0.4, -0.2) is 72.1 Å². The molecule has 1 saturated heterocycles. The predicted molar refractivity (Wildman–Crippen MR) is 114 cm³/mol. The Labute approximate surface area is 173 Å². The molecule has 3 rings (SSSR count). The van der Waals surface area contributed by atoms with Gasteiger partial charge in [-0.15, -0.1) is 0 Å². The van der Waals surface area contributed by atoms with Crippen LogP contribution in [0.15, 0.2) is 53.4 Å². The van der Waals surface area contributed by atoms with Gasteiger partial charge in [-0.25, -0.2) is 17.5 Å². The molecule has 158 valence electrons. The third-order valence-electron chi connectivity index (χ3n) is 5.37. The van der Waals surface area contributed by atoms with Crippen molar-refractivity contribution < 1.29 is 12.8 Å². The standard InChI is InChI=1S/C21H29FN4O2S/c1-24(2)18-10-8-17(9-11-18)20(26-14-12-25(3)13-15-26)16-23-29(27,28)21-7-5-4-6-19(21)22/h4-11,20,23H,12-16H2,1-3H3. The van der Waals surface area contributed by atoms with Crippen molar-refractivity contribution in [2.24, 2.45) is 0 Å². The van der Waals surface area contributed by atoms with Gasteiger partial charge in [0.1, 0.15) is 10.7 Å². The molecule has 2 aromatic carbocycles. The number of halogens is 1. The average molecular weight is 421 g/mol. The van der Waals surface area contributed by atoms with E-state index in [1.165, 1.54) is 18.2 Å². The quantitative estimate of drug-likeness (QED) is 0.744. The fraction of sp³-hybridized carbons (Fsp3) is 0.429. The third-order valence-corrected chi connectivity index (χ3v) is 6.82. The molecule has 1 heterocycles. The van der Waals surface area contributed by atoms with Gasteiger partial charge in [-0.1, -0.05) is 24.3 Å². The number of hydrogen-bond acceptors (Lipinski definition) is 5. The van der Waals surface area contributed by atoms with Crippen molar-refractivity contribution in [3.8, 4) is 0 Å². The molecule has 0 aromatic heterocycles. The Morgan fingerprint density at radius 1 is 1.03 bits per heavy atom. The van der Waals surface area contributed by atoms with Crippen LogP contribution in [0, 0.1) is 5.82 Å². The second-order valence-electron chi connectivity index (χ2n) is 7.62. The summed E-state index contributed by atoms with van der Waals surface area (Å²) in [7, 11) is 2.11. The van der Waals surface area contributed by atoms with Crippen LogP contribution in [0.4, 0.5) is 10.1 Å². The molecule has 0 radical (unpaired) electrons. The second-order valence-corrected chi connectivity index (χ2v) is 9.36. The average Bonchev–Trinajstić information content (AvgIpc) is 2.70. The van der Waals surface area contributed by atoms with E-state index in [9.17, 15) is 12.8 Å². The molecule has 1 aliphatic rings. The summed E-state index contributed by atoms with van der Waals surface area (Å²) in [6.07, 6.45) is 0. The molecule has 8 heteroatoms. The maximum absolute atomic E-state index is 14.0. The minimum absolute atomic E-state index is 0.124. The number of nitrogens with zero attached hydrogens (tertiary/aromatic N) is 3. The smallest absolute Gasteiger partial charge is 0.243 e. The maximum atomic E-state index is 14.0. The van der Waals surface area contributed by atoms with Crippen LogP contribution in [0.25, 0.3) is 0 Å². The number of hydrogen-bond donors (Lipinski definition) is 1. The van der Waals surface area contributed by atoms with Gasteiger partial charge in [0.15, 0.2) is 0 Å². The molecule has 0 bridgehead atoms. The summed E-state index contributed by atoms with van der Waals surface area (Å²) in [5, 5.41) is 0. The Balaban J connectivity index is 1.82. The second kappa shape index (κ2) is 9.21. The largest absolute Gasteiger partial charge is 0.378 e. The molecule has 29 heavy (non-hydrogen) atoms. The summed E-state index contributed by atoms with van der Waals surface area (Å²) in [6, 6.07) is 13.5. The number of sulfonamides is 1. The first-order chi connectivity index (χ1) is 13.8. The third kappa shape index (κ3) is 5.33. The normalized spacial score (nSPS) is 17.2. The lowest BCUT2D eigenvalue weighted by atomic mass is 10.0. The Bertz CT molecular complexity index is 911. The van der Waals surface area contributed by atoms with Crippen molar-refractivity contribution in [2.45, 2.75) is 10.9 Å². The highest BCUT2D eigenvalue weighted by atomic mass is 32.2. The molecular weight excluding hydrogens is 391 g/mol. The number of nitrogens with one attached hydrogen (secondary N) is 1. The molecule has 1 unspecified atom stereocenters. The molecular formula is C21H29FN4O2S. The van der Waals surface area contributed by atoms with E-state index in [1.54, 1.807) is 0 Å². The number of rotatable bonds is 7. The SMILES string of the molecule is CN1CCN(C(CNS(=O)(=O)c2ccccc2F)c2ccc(N(C)C)cc2)CC1. The monoisotopic (exact) mass is 420 g/mol. The predicted octanol–water partition coefficient (Wildman–Crippen LogP) is 2.16. The minimum atomic E-state index is -3.94. The molecule has 0 aliphatic carbocycles. The molecule has 1 fully saturated rings. The lowest BCUT2D eigenvalue weighted by molar-refractivity contribution is 0.113. The highest BCUT2D eigenvalue weighted by molar-refractivity contribution is 7.89. The van der Waals surface area contributed by atoms with Crippen LogP contribution in [0.2, 0.25) is 0 Å². The van der Waals surface area contributed by atoms with Crippen molar-refractivity contribution in [3.63, 3.8) is 0 Å². The number of anilines is 1. The number of benzene rings is 2. The van der Waals surface area contributed by atoms with Gasteiger partial charge >= 0.3 is 0 Å². The van der Waals surface area contributed by atoms with E-state index >= 15 is 0 Å². The van der Waals surface area contributed by atoms with E-state index < -0.39 is 15.8 Å². The van der Waals surface area contributed by atoms with Crippen LogP contribution in [0.1, 0.15) is 11.6 Å². The lowest BCUT2D eigenvalue weighted by Gasteiger charge is -2.38. The molecule has 1 N–H and O–H groups in total. The first-order valence-corrected chi connectivity index (χ1v) is 11.2. The summed E-state index contributed by atoms with van der Waals surface area (Å²) in [4.78, 5) is 6.25. The highest BCUT2D eigenvalue weighted by Gasteiger charge is 2.27. The Morgan fingerprint density at radius 2 is 1.66 bits per heavy atom. The zero-order valence-corrected chi connectivity index (χ0v) is 18.0. The van der Waals surface area contributed by atoms with Gasteiger partial charge in [-0.05, 0) is 36.9 Å². The van der Waals surface area contributed by atoms with Gasteiger partial charge in [-0.3, -0.25) is 4.90 Å². The molecule has 0 amide bonds. The molecule has 0 spiro atoms. The first-order valence-electron chi connectivity index (χ1n) is 9.72. The molecule has 2 aromatic rings. The van der Waals surface area contributed by atoms with Crippen molar-refractivity contribution in [1.29, 1.82) is 0 Å². The van der Waals surface area contributed by atoms with Gasteiger partial charge < -0.3 is 9.80 Å². The van der Waals surface area contributed by atoms with E-state index in [0.717, 1.165) is 43.5 Å². The molecule has 0 saturated carbocycles. The highest BCUT2D eigenvalue weighted by Crippen LogP contribution is 2.25. The van der Waals surface area contributed by atoms with Crippen molar-refractivity contribution in [2.75, 3.05) is 58.8 Å². The Hall–Kier alpha value is -2.00. The fourth-order valence-electron chi connectivity index (χ4n) is 3.52. The molecule has 1 atom stereocenters. The van der Waals surface area contributed by atoms with Crippen molar-refractivity contribution in [3.05, 3.63) is 59.9 Å². The number of likely N-dealkylation sites (N-methyl/N-ethyl adjacent to an activating group) is 1. The summed E-state index contributed by atoms with van der Waals surface area (Å²) < 4.78 is 42.0. The fourth-order valence-corrected chi connectivity index (χ4v) is 4.63. The van der Waals surface area contributed by atoms with Gasteiger partial charge in [0, 0.05) is 58.5 Å². The van der Waals surface area contributed by atoms with Crippen molar-refractivity contribution in [1.82, 2.24) is 14.5 Å². The maximum Gasteiger partial charge on any atom is 0.243 e. The van der Waals surface area contributed by atoms with Gasteiger partial charge in [0.25, 0.3) is 0 Å². The summed E-state index contributed by atoms with van der Waals surface area (Å²) in [5.41, 5.74) is 2.12. The van der Waals surface area contributed by atoms with Crippen LogP contribution >= 0.6 is 0 Å². The Morgan fingerprint density at radius 3 is 2.24 bits per heavy atom. The van der Waals surface area contributed by atoms with E-state index in [0.29, 0.717) is 0 Å². The van der Waals surface area contributed by atoms with Crippen LogP contribution in [0.5, 0.6) is 0 Å². The van der Waals surface area contributed by atoms with Crippen molar-refractivity contribution >= 4 is 15.7 Å².